The molecule has 2 aromatic carbocycles. The summed E-state index contributed by atoms with van der Waals surface area (Å²) in [7, 11) is 1.87. The van der Waals surface area contributed by atoms with Gasteiger partial charge < -0.3 is 9.55 Å². The van der Waals surface area contributed by atoms with Gasteiger partial charge in [-0.1, -0.05) is 23.7 Å². The van der Waals surface area contributed by atoms with Crippen LogP contribution in [-0.2, 0) is 7.05 Å². The number of nitrogens with zero attached hydrogens (tertiary/aromatic N) is 8. The van der Waals surface area contributed by atoms with E-state index in [1.165, 1.54) is 11.0 Å². The van der Waals surface area contributed by atoms with Gasteiger partial charge in [-0.25, -0.2) is 4.98 Å². The largest absolute Gasteiger partial charge is 0.317 e. The van der Waals surface area contributed by atoms with Crippen LogP contribution in [0.25, 0.3) is 39.0 Å². The van der Waals surface area contributed by atoms with Crippen LogP contribution in [0.4, 0.5) is 4.39 Å². The number of H-pyrrole nitrogens is 1. The van der Waals surface area contributed by atoms with Gasteiger partial charge in [0.1, 0.15) is 17.8 Å². The van der Waals surface area contributed by atoms with Crippen LogP contribution in [0.1, 0.15) is 35.6 Å². The van der Waals surface area contributed by atoms with Crippen molar-refractivity contribution >= 4 is 22.5 Å². The molecule has 0 spiro atoms. The smallest absolute Gasteiger partial charge is 0.252 e. The maximum atomic E-state index is 15.3. The lowest BCUT2D eigenvalue weighted by molar-refractivity contribution is 0.504. The second kappa shape index (κ2) is 8.18. The van der Waals surface area contributed by atoms with Crippen molar-refractivity contribution in [2.75, 3.05) is 0 Å². The zero-order valence-corrected chi connectivity index (χ0v) is 22.1. The number of aromatic nitrogens is 9. The number of hydrogen-bond donors (Lipinski definition) is 1. The van der Waals surface area contributed by atoms with Gasteiger partial charge in [-0.2, -0.15) is 14.2 Å². The number of benzene rings is 2. The van der Waals surface area contributed by atoms with Gasteiger partial charge in [-0.15, -0.1) is 5.10 Å². The molecule has 0 amide bonds. The average molecular weight is 554 g/mol. The van der Waals surface area contributed by atoms with E-state index >= 15 is 4.39 Å². The third kappa shape index (κ3) is 3.33. The highest BCUT2D eigenvalue weighted by molar-refractivity contribution is 6.31. The number of nitrogens with one attached hydrogen (secondary N) is 1. The van der Waals surface area contributed by atoms with E-state index in [1.54, 1.807) is 27.4 Å². The monoisotopic (exact) mass is 553 g/mol. The molecule has 10 nitrogen and oxygen atoms in total. The zero-order chi connectivity index (χ0) is 27.3. The molecule has 2 aliphatic rings. The fourth-order valence-corrected chi connectivity index (χ4v) is 6.43. The Labute approximate surface area is 231 Å². The Morgan fingerprint density at radius 2 is 1.98 bits per heavy atom. The van der Waals surface area contributed by atoms with E-state index in [0.717, 1.165) is 39.8 Å². The molecule has 3 atom stereocenters. The fraction of sp³-hybridized carbons (Fsp3) is 0.214. The zero-order valence-electron chi connectivity index (χ0n) is 21.4. The Hall–Kier alpha value is -4.64. The molecule has 1 aliphatic carbocycles. The van der Waals surface area contributed by atoms with Crippen LogP contribution >= 0.6 is 11.6 Å². The lowest BCUT2D eigenvalue weighted by Crippen LogP contribution is -2.26. The summed E-state index contributed by atoms with van der Waals surface area (Å²) in [5.41, 5.74) is 5.60. The first-order valence-electron chi connectivity index (χ1n) is 12.9. The third-order valence-corrected chi connectivity index (χ3v) is 8.37. The molecule has 1 saturated carbocycles. The van der Waals surface area contributed by atoms with Crippen molar-refractivity contribution in [3.05, 3.63) is 93.4 Å². The maximum absolute atomic E-state index is 15.3. The molecule has 198 valence electrons. The first-order valence-corrected chi connectivity index (χ1v) is 13.2. The summed E-state index contributed by atoms with van der Waals surface area (Å²) in [6.07, 6.45) is 2.40. The van der Waals surface area contributed by atoms with Gasteiger partial charge in [0.2, 0.25) is 5.95 Å². The number of aromatic amines is 1. The Morgan fingerprint density at radius 3 is 2.80 bits per heavy atom. The molecule has 5 heterocycles. The summed E-state index contributed by atoms with van der Waals surface area (Å²) in [6.45, 7) is 1.95. The standard InChI is InChI=1S/C28H21ClFN9O/c1-13-17-5-3-14(7-22(17)37(2)34-13)25-27(30)33-28(32-25)26-20-11-19(20)23-8-15(9-24(40)39(23)26)18-10-16(29)4-6-21(18)38-12-31-35-36-38/h3-10,12,19-20,26H,11H2,1-2H3,(H,32,33). The van der Waals surface area contributed by atoms with E-state index in [0.29, 0.717) is 22.1 Å². The van der Waals surface area contributed by atoms with Crippen LogP contribution in [0.5, 0.6) is 0 Å². The van der Waals surface area contributed by atoms with Gasteiger partial charge in [0.25, 0.3) is 5.56 Å². The Morgan fingerprint density at radius 1 is 1.10 bits per heavy atom. The molecule has 4 aromatic heterocycles. The highest BCUT2D eigenvalue weighted by atomic mass is 35.5. The molecule has 12 heteroatoms. The Balaban J connectivity index is 1.21. The van der Waals surface area contributed by atoms with E-state index in [2.05, 4.69) is 25.6 Å². The number of tetrazole rings is 1. The van der Waals surface area contributed by atoms with Gasteiger partial charge in [0, 0.05) is 46.3 Å². The summed E-state index contributed by atoms with van der Waals surface area (Å²) < 4.78 is 20.4. The number of pyridine rings is 1. The minimum absolute atomic E-state index is 0.168. The van der Waals surface area contributed by atoms with Crippen molar-refractivity contribution < 1.29 is 4.39 Å². The molecule has 0 bridgehead atoms. The molecule has 6 aromatic rings. The molecule has 8 rings (SSSR count). The fourth-order valence-electron chi connectivity index (χ4n) is 6.26. The second-order valence-corrected chi connectivity index (χ2v) is 10.9. The molecule has 1 fully saturated rings. The third-order valence-electron chi connectivity index (χ3n) is 8.13. The predicted octanol–water partition coefficient (Wildman–Crippen LogP) is 4.58. The minimum Gasteiger partial charge on any atom is -0.317 e. The van der Waals surface area contributed by atoms with E-state index < -0.39 is 5.95 Å². The van der Waals surface area contributed by atoms with Crippen LogP contribution in [0, 0.1) is 18.8 Å². The number of aryl methyl sites for hydroxylation is 2. The SMILES string of the molecule is Cc1nn(C)c2cc(-c3nc(C4C5CC5c5cc(-c6cc(Cl)ccc6-n6cnnn6)cc(=O)n54)[nH]c3F)ccc12. The van der Waals surface area contributed by atoms with Gasteiger partial charge in [-0.05, 0) is 65.6 Å². The van der Waals surface area contributed by atoms with Crippen molar-refractivity contribution in [3.8, 4) is 28.1 Å². The normalized spacial score (nSPS) is 19.2. The highest BCUT2D eigenvalue weighted by Crippen LogP contribution is 2.60. The van der Waals surface area contributed by atoms with Crippen LogP contribution < -0.4 is 5.56 Å². The van der Waals surface area contributed by atoms with Gasteiger partial charge in [0.15, 0.2) is 0 Å². The molecule has 40 heavy (non-hydrogen) atoms. The van der Waals surface area contributed by atoms with Crippen LogP contribution in [0.2, 0.25) is 5.02 Å². The lowest BCUT2D eigenvalue weighted by atomic mass is 10.0. The van der Waals surface area contributed by atoms with E-state index in [-0.39, 0.29) is 29.1 Å². The number of halogens is 2. The molecular weight excluding hydrogens is 533 g/mol. The van der Waals surface area contributed by atoms with Gasteiger partial charge in [-0.3, -0.25) is 9.48 Å². The molecule has 1 aliphatic heterocycles. The first kappa shape index (κ1) is 23.3. The quantitative estimate of drug-likeness (QED) is 0.342. The summed E-state index contributed by atoms with van der Waals surface area (Å²) in [6, 6.07) is 14.3. The molecule has 0 saturated heterocycles. The minimum atomic E-state index is -0.520. The van der Waals surface area contributed by atoms with E-state index in [9.17, 15) is 4.79 Å². The lowest BCUT2D eigenvalue weighted by Gasteiger charge is -2.17. The number of imidazole rings is 1. The van der Waals surface area contributed by atoms with Crippen molar-refractivity contribution in [2.24, 2.45) is 13.0 Å². The van der Waals surface area contributed by atoms with Gasteiger partial charge >= 0.3 is 0 Å². The highest BCUT2D eigenvalue weighted by Gasteiger charge is 2.54. The topological polar surface area (TPSA) is 112 Å². The summed E-state index contributed by atoms with van der Waals surface area (Å²) in [5, 5.41) is 17.5. The number of hydrogen-bond acceptors (Lipinski definition) is 6. The summed E-state index contributed by atoms with van der Waals surface area (Å²) in [4.78, 5) is 21.2. The van der Waals surface area contributed by atoms with E-state index in [1.807, 2.05) is 44.3 Å². The number of rotatable bonds is 4. The van der Waals surface area contributed by atoms with Crippen molar-refractivity contribution in [2.45, 2.75) is 25.3 Å². The molecule has 1 N–H and O–H groups in total. The Kier molecular flexibility index (Phi) is 4.76. The molecular formula is C28H21ClFN9O. The van der Waals surface area contributed by atoms with E-state index in [4.69, 9.17) is 16.6 Å². The van der Waals surface area contributed by atoms with Gasteiger partial charge in [0.05, 0.1) is 22.9 Å². The average Bonchev–Trinajstić information content (AvgIpc) is 3.26. The number of fused-ring (bicyclic) bond motifs is 4. The van der Waals surface area contributed by atoms with Crippen LogP contribution in [-0.4, -0.2) is 44.5 Å². The maximum Gasteiger partial charge on any atom is 0.252 e. The van der Waals surface area contributed by atoms with Crippen LogP contribution in [0.3, 0.4) is 0 Å². The molecule has 3 unspecified atom stereocenters. The molecule has 0 radical (unpaired) electrons. The van der Waals surface area contributed by atoms with Crippen molar-refractivity contribution in [1.29, 1.82) is 0 Å². The summed E-state index contributed by atoms with van der Waals surface area (Å²) in [5.74, 6) is 0.293. The Bertz CT molecular complexity index is 2040. The van der Waals surface area contributed by atoms with Crippen LogP contribution in [0.15, 0.2) is 59.7 Å². The predicted molar refractivity (Wildman–Crippen MR) is 146 cm³/mol. The second-order valence-electron chi connectivity index (χ2n) is 10.5. The summed E-state index contributed by atoms with van der Waals surface area (Å²) >= 11 is 6.34. The first-order chi connectivity index (χ1) is 19.4. The van der Waals surface area contributed by atoms with Crippen molar-refractivity contribution in [1.82, 2.24) is 44.5 Å². The van der Waals surface area contributed by atoms with Crippen molar-refractivity contribution in [3.63, 3.8) is 0 Å².